The number of hydrogen-bond donors (Lipinski definition) is 7. The van der Waals surface area contributed by atoms with E-state index in [4.69, 9.17) is 23.1 Å². The van der Waals surface area contributed by atoms with E-state index in [-0.39, 0.29) is 72.7 Å². The monoisotopic (exact) mass is 1090 g/mol. The number of unbranched alkanes of at least 4 members (excludes halogenated alkanes) is 8. The Bertz CT molecular complexity index is 2560. The zero-order valence-electron chi connectivity index (χ0n) is 44.5. The first-order valence-electron chi connectivity index (χ1n) is 26.5. The van der Waals surface area contributed by atoms with Gasteiger partial charge in [-0.2, -0.15) is 0 Å². The quantitative estimate of drug-likeness (QED) is 0.0307. The highest BCUT2D eigenvalue weighted by Gasteiger charge is 2.44. The molecule has 75 heavy (non-hydrogen) atoms. The van der Waals surface area contributed by atoms with Crippen LogP contribution in [0.15, 0.2) is 64.1 Å². The maximum Gasteiger partial charge on any atom is 0.246 e. The maximum absolute atomic E-state index is 14.1. The molecule has 2 aliphatic rings. The molecule has 2 aromatic carbocycles. The van der Waals surface area contributed by atoms with E-state index in [1.165, 1.54) is 16.7 Å². The summed E-state index contributed by atoms with van der Waals surface area (Å²) in [7, 11) is 0. The average molecular weight is 1090 g/mol. The lowest BCUT2D eigenvalue weighted by Crippen LogP contribution is -2.57. The molecular formula is C55H78ClN11O6S2. The van der Waals surface area contributed by atoms with E-state index >= 15 is 0 Å². The van der Waals surface area contributed by atoms with Gasteiger partial charge in [0.25, 0.3) is 0 Å². The van der Waals surface area contributed by atoms with Crippen molar-refractivity contribution in [1.29, 1.82) is 0 Å². The molecule has 9 N–H and O–H groups in total. The van der Waals surface area contributed by atoms with Crippen molar-refractivity contribution in [1.82, 2.24) is 35.8 Å². The third-order valence-electron chi connectivity index (χ3n) is 14.0. The number of halogens is 1. The second-order valence-electron chi connectivity index (χ2n) is 21.5. The highest BCUT2D eigenvalue weighted by Crippen LogP contribution is 2.39. The van der Waals surface area contributed by atoms with Crippen molar-refractivity contribution in [3.05, 3.63) is 70.5 Å². The Kier molecular flexibility index (Phi) is 21.7. The van der Waals surface area contributed by atoms with Crippen LogP contribution in [0, 0.1) is 12.3 Å². The number of nitrogens with one attached hydrogen (secondary N) is 4. The summed E-state index contributed by atoms with van der Waals surface area (Å²) in [5.74, 6) is -0.423. The minimum absolute atomic E-state index is 0.0138. The van der Waals surface area contributed by atoms with Crippen LogP contribution in [0.1, 0.15) is 148 Å². The second kappa shape index (κ2) is 27.6. The molecule has 20 heteroatoms. The van der Waals surface area contributed by atoms with Gasteiger partial charge in [-0.05, 0) is 75.1 Å². The lowest BCUT2D eigenvalue weighted by atomic mass is 9.85. The van der Waals surface area contributed by atoms with Crippen LogP contribution < -0.4 is 37.6 Å². The van der Waals surface area contributed by atoms with Crippen molar-refractivity contribution in [3.63, 3.8) is 0 Å². The summed E-state index contributed by atoms with van der Waals surface area (Å²) < 4.78 is 0. The highest BCUT2D eigenvalue weighted by molar-refractivity contribution is 7.99. The number of piperidine rings is 1. The number of β-amino-alcohol motifs (C(OH)–C–C–N with tert-alkyl or cyclic N) is 1. The summed E-state index contributed by atoms with van der Waals surface area (Å²) >= 11 is 9.54. The summed E-state index contributed by atoms with van der Waals surface area (Å²) in [5.41, 5.74) is 17.0. The number of benzene rings is 2. The molecule has 2 fully saturated rings. The molecule has 4 heterocycles. The largest absolute Gasteiger partial charge is 0.391 e. The predicted molar refractivity (Wildman–Crippen MR) is 299 cm³/mol. The fraction of sp³-hybridized carbons (Fsp3) is 0.564. The topological polar surface area (TPSA) is 251 Å². The van der Waals surface area contributed by atoms with Gasteiger partial charge in [-0.1, -0.05) is 119 Å². The number of nitrogens with zero attached hydrogens (tertiary/aromatic N) is 5. The number of nitrogens with two attached hydrogens (primary N) is 2. The van der Waals surface area contributed by atoms with E-state index in [0.29, 0.717) is 45.8 Å². The Labute approximate surface area is 455 Å². The number of carbonyl (C=O) groups is 5. The van der Waals surface area contributed by atoms with Crippen LogP contribution in [0.25, 0.3) is 10.4 Å². The summed E-state index contributed by atoms with van der Waals surface area (Å²) in [6, 6.07) is 11.2. The second-order valence-corrected chi connectivity index (χ2v) is 23.8. The fourth-order valence-corrected chi connectivity index (χ4v) is 11.2. The number of nitrogen functional groups attached to an aromatic ring is 1. The summed E-state index contributed by atoms with van der Waals surface area (Å²) in [6.45, 7) is 13.7. The van der Waals surface area contributed by atoms with Crippen molar-refractivity contribution in [2.75, 3.05) is 42.1 Å². The number of aryl methyl sites for hydroxylation is 1. The standard InChI is InChI=1S/C55H78ClN11O6S2/c1-35(37-20-22-38(23-21-37)48-36(2)61-34-74-48)62-51(72)41-31-39(68)33-67(41)53(73)49(54(3,4)5)65-45(70)19-14-12-10-8-7-9-11-13-15-28-59-44(69)24-25-46(71)63-40-17-16-18-42(47(40)56)75-52-50(57)64-43(32-60-52)66-29-26-55(6,58)27-30-66/h16-18,20-23,32,34-35,39,41,49,68H,7-15,19,24-31,33,58H2,1-6H3,(H2,57,64)(H,59,69)(H,62,72)(H,63,71)(H,65,70)/t35-,39+,41-,49+/m0/s1. The van der Waals surface area contributed by atoms with Crippen LogP contribution in [0.4, 0.5) is 17.3 Å². The van der Waals surface area contributed by atoms with Crippen LogP contribution in [0.5, 0.6) is 0 Å². The van der Waals surface area contributed by atoms with Crippen molar-refractivity contribution in [2.24, 2.45) is 11.1 Å². The van der Waals surface area contributed by atoms with E-state index in [0.717, 1.165) is 99.0 Å². The number of aliphatic hydroxyl groups is 1. The van der Waals surface area contributed by atoms with E-state index in [2.05, 4.69) is 48.0 Å². The summed E-state index contributed by atoms with van der Waals surface area (Å²) in [4.78, 5) is 85.1. The number of aliphatic hydroxyl groups excluding tert-OH is 1. The molecular weight excluding hydrogens is 1010 g/mol. The van der Waals surface area contributed by atoms with Gasteiger partial charge in [-0.15, -0.1) is 11.3 Å². The van der Waals surface area contributed by atoms with Gasteiger partial charge in [0.1, 0.15) is 22.9 Å². The van der Waals surface area contributed by atoms with Crippen molar-refractivity contribution in [2.45, 2.75) is 178 Å². The minimum atomic E-state index is -0.867. The molecule has 0 bridgehead atoms. The number of anilines is 3. The fourth-order valence-electron chi connectivity index (χ4n) is 9.30. The molecule has 0 radical (unpaired) electrons. The number of likely N-dealkylation sites (tertiary alicyclic amines) is 1. The Hall–Kier alpha value is -5.34. The lowest BCUT2D eigenvalue weighted by molar-refractivity contribution is -0.144. The smallest absolute Gasteiger partial charge is 0.246 e. The van der Waals surface area contributed by atoms with E-state index in [1.807, 2.05) is 70.5 Å². The van der Waals surface area contributed by atoms with Gasteiger partial charge in [0, 0.05) is 62.3 Å². The zero-order chi connectivity index (χ0) is 54.3. The molecule has 5 amide bonds. The van der Waals surface area contributed by atoms with Gasteiger partial charge in [0.2, 0.25) is 29.5 Å². The molecule has 6 rings (SSSR count). The first-order valence-corrected chi connectivity index (χ1v) is 28.5. The Balaban J connectivity index is 0.801. The van der Waals surface area contributed by atoms with Crippen LogP contribution in [0.3, 0.4) is 0 Å². The highest BCUT2D eigenvalue weighted by atomic mass is 35.5. The number of rotatable bonds is 25. The minimum Gasteiger partial charge on any atom is -0.391 e. The van der Waals surface area contributed by atoms with Gasteiger partial charge < -0.3 is 47.6 Å². The van der Waals surface area contributed by atoms with Gasteiger partial charge in [0.05, 0.1) is 45.1 Å². The van der Waals surface area contributed by atoms with E-state index < -0.39 is 23.6 Å². The Morgan fingerprint density at radius 1 is 0.893 bits per heavy atom. The molecule has 4 atom stereocenters. The van der Waals surface area contributed by atoms with Crippen molar-refractivity contribution < 1.29 is 29.1 Å². The molecule has 17 nitrogen and oxygen atoms in total. The third kappa shape index (κ3) is 17.6. The average Bonchev–Trinajstić information content (AvgIpc) is 3.99. The molecule has 408 valence electrons. The molecule has 2 saturated heterocycles. The predicted octanol–water partition coefficient (Wildman–Crippen LogP) is 8.72. The van der Waals surface area contributed by atoms with Gasteiger partial charge in [-0.3, -0.25) is 24.0 Å². The molecule has 2 aliphatic heterocycles. The van der Waals surface area contributed by atoms with Crippen molar-refractivity contribution in [3.8, 4) is 10.4 Å². The summed E-state index contributed by atoms with van der Waals surface area (Å²) in [5, 5.41) is 23.3. The summed E-state index contributed by atoms with van der Waals surface area (Å²) in [6.07, 6.45) is 11.8. The molecule has 0 aliphatic carbocycles. The molecule has 2 aromatic heterocycles. The first kappa shape index (κ1) is 58.9. The molecule has 4 aromatic rings. The van der Waals surface area contributed by atoms with Crippen LogP contribution >= 0.6 is 34.7 Å². The van der Waals surface area contributed by atoms with Crippen molar-refractivity contribution >= 4 is 81.6 Å². The molecule has 0 unspecified atom stereocenters. The number of hydrogen-bond acceptors (Lipinski definition) is 14. The maximum atomic E-state index is 14.1. The number of amides is 5. The number of aromatic nitrogens is 3. The first-order chi connectivity index (χ1) is 35.7. The van der Waals surface area contributed by atoms with Gasteiger partial charge >= 0.3 is 0 Å². The normalized spacial score (nSPS) is 17.3. The van der Waals surface area contributed by atoms with Crippen LogP contribution in [-0.4, -0.2) is 104 Å². The van der Waals surface area contributed by atoms with Crippen LogP contribution in [0.2, 0.25) is 5.02 Å². The van der Waals surface area contributed by atoms with Gasteiger partial charge in [-0.25, -0.2) is 15.0 Å². The van der Waals surface area contributed by atoms with E-state index in [9.17, 15) is 29.1 Å². The molecule has 0 spiro atoms. The van der Waals surface area contributed by atoms with Crippen LogP contribution in [-0.2, 0) is 24.0 Å². The number of carbonyl (C=O) groups excluding carboxylic acids is 5. The lowest BCUT2D eigenvalue weighted by Gasteiger charge is -2.37. The Morgan fingerprint density at radius 3 is 2.19 bits per heavy atom. The third-order valence-corrected chi connectivity index (χ3v) is 16.5. The Morgan fingerprint density at radius 2 is 1.55 bits per heavy atom. The zero-order valence-corrected chi connectivity index (χ0v) is 46.9. The van der Waals surface area contributed by atoms with Gasteiger partial charge in [0.15, 0.2) is 5.82 Å². The van der Waals surface area contributed by atoms with E-state index in [1.54, 1.807) is 29.7 Å². The SMILES string of the molecule is Cc1ncsc1-c1ccc([C@H](C)NC(=O)[C@@H]2C[C@@H](O)CN2C(=O)[C@@H](NC(=O)CCCCCCCCCCCNC(=O)CCC(=O)Nc2cccc(Sc3ncc(N4CCC(C)(N)CC4)nc3N)c2Cl)C(C)(C)C)cc1. The number of thiazole rings is 1. The molecule has 0 saturated carbocycles.